The molecule has 0 saturated carbocycles. The fourth-order valence-corrected chi connectivity index (χ4v) is 5.60. The van der Waals surface area contributed by atoms with E-state index in [1.54, 1.807) is 0 Å². The first-order valence-electron chi connectivity index (χ1n) is 20.0. The third-order valence-electron chi connectivity index (χ3n) is 8.63. The molecule has 4 heteroatoms. The Morgan fingerprint density at radius 3 is 1.35 bits per heavy atom. The largest absolute Gasteiger partial charge is 0.391 e. The zero-order valence-corrected chi connectivity index (χ0v) is 31.1. The Bertz CT molecular complexity index is 691. The second-order valence-electron chi connectivity index (χ2n) is 13.3. The standard InChI is InChI=1S/C42H79N3O/c1-4-6-8-10-12-14-16-18-20-22-24-26-28-30-32-34-37-41(46-45-42(43)39-36-40-44-3)38-35-33-31-29-27-25-23-21-19-17-15-13-11-9-7-5-2/h12-15,18-21,41,44H,4-11,16-17,22-40H2,1-3H3,(H2,43,45)/b14-12-,15-13-,20-18-,21-19-. The summed E-state index contributed by atoms with van der Waals surface area (Å²) in [7, 11) is 1.97. The van der Waals surface area contributed by atoms with Crippen LogP contribution in [0.3, 0.4) is 0 Å². The van der Waals surface area contributed by atoms with Crippen LogP contribution in [0.4, 0.5) is 0 Å². The van der Waals surface area contributed by atoms with Crippen molar-refractivity contribution in [2.24, 2.45) is 10.9 Å². The number of allylic oxidation sites excluding steroid dienone is 8. The van der Waals surface area contributed by atoms with E-state index in [-0.39, 0.29) is 6.10 Å². The van der Waals surface area contributed by atoms with Gasteiger partial charge in [0.15, 0.2) is 0 Å². The molecule has 0 bridgehead atoms. The Labute approximate surface area is 288 Å². The van der Waals surface area contributed by atoms with E-state index in [2.05, 4.69) is 72.9 Å². The highest BCUT2D eigenvalue weighted by atomic mass is 16.6. The lowest BCUT2D eigenvalue weighted by atomic mass is 10.0. The average molecular weight is 642 g/mol. The summed E-state index contributed by atoms with van der Waals surface area (Å²) < 4.78 is 0. The van der Waals surface area contributed by atoms with E-state index >= 15 is 0 Å². The number of hydrogen-bond donors (Lipinski definition) is 2. The predicted octanol–water partition coefficient (Wildman–Crippen LogP) is 13.1. The molecular weight excluding hydrogens is 562 g/mol. The molecule has 0 heterocycles. The number of hydrogen-bond acceptors (Lipinski definition) is 3. The van der Waals surface area contributed by atoms with Gasteiger partial charge in [-0.05, 0) is 110 Å². The quantitative estimate of drug-likeness (QED) is 0.0235. The van der Waals surface area contributed by atoms with Crippen molar-refractivity contribution in [1.29, 1.82) is 0 Å². The Balaban J connectivity index is 4.03. The molecule has 46 heavy (non-hydrogen) atoms. The molecule has 0 saturated heterocycles. The van der Waals surface area contributed by atoms with Crippen LogP contribution in [0.2, 0.25) is 0 Å². The van der Waals surface area contributed by atoms with Crippen molar-refractivity contribution < 1.29 is 4.84 Å². The highest BCUT2D eigenvalue weighted by molar-refractivity contribution is 5.79. The molecule has 0 aromatic heterocycles. The smallest absolute Gasteiger partial charge is 0.139 e. The van der Waals surface area contributed by atoms with Crippen LogP contribution in [0.1, 0.15) is 194 Å². The normalized spacial score (nSPS) is 12.7. The van der Waals surface area contributed by atoms with Gasteiger partial charge in [0.25, 0.3) is 0 Å². The lowest BCUT2D eigenvalue weighted by Crippen LogP contribution is -2.18. The second kappa shape index (κ2) is 39.4. The number of nitrogens with two attached hydrogens (primary N) is 1. The van der Waals surface area contributed by atoms with Gasteiger partial charge in [-0.25, -0.2) is 0 Å². The molecule has 0 fully saturated rings. The van der Waals surface area contributed by atoms with Gasteiger partial charge in [0.1, 0.15) is 11.9 Å². The molecule has 268 valence electrons. The van der Waals surface area contributed by atoms with Crippen molar-refractivity contribution in [2.75, 3.05) is 13.6 Å². The Morgan fingerprint density at radius 2 is 0.935 bits per heavy atom. The minimum Gasteiger partial charge on any atom is -0.391 e. The average Bonchev–Trinajstić information content (AvgIpc) is 3.06. The molecule has 0 radical (unpaired) electrons. The van der Waals surface area contributed by atoms with Crippen molar-refractivity contribution >= 4 is 5.84 Å². The summed E-state index contributed by atoms with van der Waals surface area (Å²) >= 11 is 0. The van der Waals surface area contributed by atoms with Gasteiger partial charge >= 0.3 is 0 Å². The van der Waals surface area contributed by atoms with Crippen molar-refractivity contribution in [3.05, 3.63) is 48.6 Å². The summed E-state index contributed by atoms with van der Waals surface area (Å²) in [5, 5.41) is 7.50. The van der Waals surface area contributed by atoms with E-state index in [9.17, 15) is 0 Å². The molecule has 3 N–H and O–H groups in total. The number of nitrogens with one attached hydrogen (secondary N) is 1. The van der Waals surface area contributed by atoms with E-state index in [1.165, 1.54) is 141 Å². The minimum atomic E-state index is 0.208. The van der Waals surface area contributed by atoms with Gasteiger partial charge in [0.2, 0.25) is 0 Å². The Hall–Kier alpha value is -1.81. The summed E-state index contributed by atoms with van der Waals surface area (Å²) in [4.78, 5) is 6.00. The summed E-state index contributed by atoms with van der Waals surface area (Å²) in [5.41, 5.74) is 6.12. The van der Waals surface area contributed by atoms with E-state index < -0.39 is 0 Å². The third-order valence-corrected chi connectivity index (χ3v) is 8.63. The zero-order valence-electron chi connectivity index (χ0n) is 31.1. The van der Waals surface area contributed by atoms with E-state index in [0.717, 1.165) is 45.1 Å². The molecule has 0 aliphatic heterocycles. The molecule has 0 atom stereocenters. The van der Waals surface area contributed by atoms with Gasteiger partial charge < -0.3 is 15.9 Å². The lowest BCUT2D eigenvalue weighted by molar-refractivity contribution is 0.0423. The molecule has 0 aliphatic rings. The van der Waals surface area contributed by atoms with Crippen LogP contribution in [-0.2, 0) is 4.84 Å². The van der Waals surface area contributed by atoms with Gasteiger partial charge in [-0.15, -0.1) is 0 Å². The van der Waals surface area contributed by atoms with Crippen LogP contribution in [0.15, 0.2) is 53.8 Å². The highest BCUT2D eigenvalue weighted by Crippen LogP contribution is 2.18. The molecule has 4 nitrogen and oxygen atoms in total. The Morgan fingerprint density at radius 1 is 0.543 bits per heavy atom. The van der Waals surface area contributed by atoms with Crippen LogP contribution >= 0.6 is 0 Å². The molecule has 0 unspecified atom stereocenters. The molecule has 0 aromatic rings. The van der Waals surface area contributed by atoms with Crippen molar-refractivity contribution in [3.63, 3.8) is 0 Å². The van der Waals surface area contributed by atoms with Gasteiger partial charge in [0.05, 0.1) is 0 Å². The molecule has 0 aromatic carbocycles. The molecule has 0 spiro atoms. The number of oxime groups is 1. The summed E-state index contributed by atoms with van der Waals surface area (Å²) in [6.45, 7) is 5.49. The molecule has 0 rings (SSSR count). The molecule has 0 aliphatic carbocycles. The zero-order chi connectivity index (χ0) is 33.4. The van der Waals surface area contributed by atoms with Crippen LogP contribution in [0, 0.1) is 0 Å². The van der Waals surface area contributed by atoms with Crippen molar-refractivity contribution in [3.8, 4) is 0 Å². The van der Waals surface area contributed by atoms with Gasteiger partial charge in [0, 0.05) is 6.42 Å². The molecule has 0 amide bonds. The van der Waals surface area contributed by atoms with Crippen LogP contribution in [-0.4, -0.2) is 25.5 Å². The fraction of sp³-hybridized carbons (Fsp3) is 0.786. The first-order chi connectivity index (χ1) is 22.7. The van der Waals surface area contributed by atoms with E-state index in [4.69, 9.17) is 10.6 Å². The van der Waals surface area contributed by atoms with Crippen LogP contribution in [0.25, 0.3) is 0 Å². The van der Waals surface area contributed by atoms with Gasteiger partial charge in [-0.3, -0.25) is 0 Å². The predicted molar refractivity (Wildman–Crippen MR) is 208 cm³/mol. The maximum absolute atomic E-state index is 6.12. The number of nitrogens with zero attached hydrogens (tertiary/aromatic N) is 1. The fourth-order valence-electron chi connectivity index (χ4n) is 5.60. The summed E-state index contributed by atoms with van der Waals surface area (Å²) in [6.07, 6.45) is 53.8. The topological polar surface area (TPSA) is 59.6 Å². The van der Waals surface area contributed by atoms with Crippen molar-refractivity contribution in [2.45, 2.75) is 200 Å². The van der Waals surface area contributed by atoms with Crippen LogP contribution < -0.4 is 11.1 Å². The number of unbranched alkanes of at least 4 members (excludes halogenated alkanes) is 18. The summed E-state index contributed by atoms with van der Waals surface area (Å²) in [5.74, 6) is 0.634. The third kappa shape index (κ3) is 36.7. The molecular formula is C42H79N3O. The number of rotatable bonds is 36. The maximum Gasteiger partial charge on any atom is 0.139 e. The van der Waals surface area contributed by atoms with Gasteiger partial charge in [-0.2, -0.15) is 0 Å². The summed E-state index contributed by atoms with van der Waals surface area (Å²) in [6, 6.07) is 0. The maximum atomic E-state index is 6.12. The van der Waals surface area contributed by atoms with E-state index in [1.807, 2.05) is 7.05 Å². The first kappa shape index (κ1) is 44.2. The lowest BCUT2D eigenvalue weighted by Gasteiger charge is -2.16. The minimum absolute atomic E-state index is 0.208. The SMILES string of the molecule is CCCCC/C=C\C/C=C\CCCCCCCCC(CCCCCCCC/C=C\C/C=C\CCCCC)O/N=C(/N)CCCNC. The highest BCUT2D eigenvalue weighted by Gasteiger charge is 2.10. The van der Waals surface area contributed by atoms with E-state index in [0.29, 0.717) is 5.84 Å². The monoisotopic (exact) mass is 642 g/mol. The number of amidine groups is 1. The van der Waals surface area contributed by atoms with Crippen LogP contribution in [0.5, 0.6) is 0 Å². The van der Waals surface area contributed by atoms with Gasteiger partial charge in [-0.1, -0.05) is 145 Å². The second-order valence-corrected chi connectivity index (χ2v) is 13.3. The Kier molecular flexibility index (Phi) is 37.8. The van der Waals surface area contributed by atoms with Crippen molar-refractivity contribution in [1.82, 2.24) is 5.32 Å². The first-order valence-corrected chi connectivity index (χ1v) is 20.0.